The molecular weight excluding hydrogens is 296 g/mol. The molecule has 0 heterocycles. The van der Waals surface area contributed by atoms with E-state index in [-0.39, 0.29) is 6.03 Å². The third-order valence-electron chi connectivity index (χ3n) is 2.55. The molecule has 1 aromatic carbocycles. The predicted octanol–water partition coefficient (Wildman–Crippen LogP) is 3.75. The molecule has 0 spiro atoms. The molecule has 2 N–H and O–H groups in total. The highest BCUT2D eigenvalue weighted by Gasteiger charge is 2.20. The minimum atomic E-state index is -0.442. The van der Waals surface area contributed by atoms with Crippen LogP contribution in [-0.4, -0.2) is 31.5 Å². The van der Waals surface area contributed by atoms with Crippen LogP contribution in [0.2, 0.25) is 5.02 Å². The number of ether oxygens (including phenoxy) is 1. The van der Waals surface area contributed by atoms with E-state index in [0.29, 0.717) is 17.3 Å². The average molecular weight is 317 g/mol. The van der Waals surface area contributed by atoms with E-state index in [2.05, 4.69) is 10.6 Å². The van der Waals surface area contributed by atoms with Crippen LogP contribution in [-0.2, 0) is 10.5 Å². The third kappa shape index (κ3) is 5.61. The van der Waals surface area contributed by atoms with E-state index in [1.54, 1.807) is 24.9 Å². The summed E-state index contributed by atoms with van der Waals surface area (Å²) < 4.78 is 5.06. The summed E-state index contributed by atoms with van der Waals surface area (Å²) in [7, 11) is 1.60. The molecule has 0 aliphatic carbocycles. The van der Waals surface area contributed by atoms with Gasteiger partial charge in [-0.05, 0) is 37.8 Å². The molecule has 0 saturated heterocycles. The van der Waals surface area contributed by atoms with E-state index >= 15 is 0 Å². The first-order valence-corrected chi connectivity index (χ1v) is 8.00. The van der Waals surface area contributed by atoms with Crippen LogP contribution in [0.4, 0.5) is 10.5 Å². The van der Waals surface area contributed by atoms with Crippen molar-refractivity contribution >= 4 is 35.1 Å². The molecule has 0 bridgehead atoms. The summed E-state index contributed by atoms with van der Waals surface area (Å²) in [5.74, 6) is 0.878. The molecule has 0 aliphatic heterocycles. The van der Waals surface area contributed by atoms with Crippen LogP contribution in [0.25, 0.3) is 0 Å². The quantitative estimate of drug-likeness (QED) is 0.840. The van der Waals surface area contributed by atoms with E-state index in [1.165, 1.54) is 0 Å². The number of amides is 2. The van der Waals surface area contributed by atoms with Gasteiger partial charge in [-0.2, -0.15) is 11.8 Å². The highest BCUT2D eigenvalue weighted by molar-refractivity contribution is 7.97. The molecule has 0 aromatic heterocycles. The first-order chi connectivity index (χ1) is 9.38. The van der Waals surface area contributed by atoms with Gasteiger partial charge in [0.1, 0.15) is 0 Å². The summed E-state index contributed by atoms with van der Waals surface area (Å²) in [6.45, 7) is 4.21. The maximum atomic E-state index is 12.0. The standard InChI is InChI=1S/C14H21ClN2O2S/c1-14(2,9-19-3)17-13(18)16-12-7-10(8-20-4)5-6-11(12)15/h5-7H,8-9H2,1-4H3,(H2,16,17,18). The van der Waals surface area contributed by atoms with Crippen LogP contribution in [0.1, 0.15) is 19.4 Å². The Hall–Kier alpha value is -0.910. The number of hydrogen-bond acceptors (Lipinski definition) is 3. The summed E-state index contributed by atoms with van der Waals surface area (Å²) in [6, 6.07) is 5.34. The van der Waals surface area contributed by atoms with Crippen molar-refractivity contribution in [2.24, 2.45) is 0 Å². The Balaban J connectivity index is 2.72. The minimum Gasteiger partial charge on any atom is -0.382 e. The molecule has 20 heavy (non-hydrogen) atoms. The van der Waals surface area contributed by atoms with E-state index in [1.807, 2.05) is 32.2 Å². The zero-order valence-electron chi connectivity index (χ0n) is 12.2. The molecule has 0 aliphatic rings. The van der Waals surface area contributed by atoms with Crippen LogP contribution >= 0.6 is 23.4 Å². The fraction of sp³-hybridized carbons (Fsp3) is 0.500. The number of anilines is 1. The van der Waals surface area contributed by atoms with Gasteiger partial charge in [0.2, 0.25) is 0 Å². The number of nitrogens with one attached hydrogen (secondary N) is 2. The Labute approximate surface area is 129 Å². The Kier molecular flexibility index (Phi) is 6.65. The maximum absolute atomic E-state index is 12.0. The largest absolute Gasteiger partial charge is 0.382 e. The van der Waals surface area contributed by atoms with Gasteiger partial charge in [0, 0.05) is 12.9 Å². The summed E-state index contributed by atoms with van der Waals surface area (Å²) >= 11 is 7.82. The van der Waals surface area contributed by atoms with Crippen molar-refractivity contribution in [2.75, 3.05) is 25.3 Å². The van der Waals surface area contributed by atoms with Crippen molar-refractivity contribution in [3.05, 3.63) is 28.8 Å². The normalized spacial score (nSPS) is 11.2. The van der Waals surface area contributed by atoms with Crippen LogP contribution in [0.5, 0.6) is 0 Å². The zero-order valence-corrected chi connectivity index (χ0v) is 13.8. The molecule has 0 saturated carbocycles. The topological polar surface area (TPSA) is 50.4 Å². The van der Waals surface area contributed by atoms with Gasteiger partial charge >= 0.3 is 6.03 Å². The SMILES string of the molecule is COCC(C)(C)NC(=O)Nc1cc(CSC)ccc1Cl. The summed E-state index contributed by atoms with van der Waals surface area (Å²) in [5.41, 5.74) is 1.29. The molecule has 6 heteroatoms. The number of rotatable bonds is 6. The van der Waals surface area contributed by atoms with Crippen molar-refractivity contribution < 1.29 is 9.53 Å². The Morgan fingerprint density at radius 2 is 2.15 bits per heavy atom. The van der Waals surface area contributed by atoms with E-state index in [0.717, 1.165) is 11.3 Å². The second kappa shape index (κ2) is 7.76. The van der Waals surface area contributed by atoms with Crippen molar-refractivity contribution in [3.8, 4) is 0 Å². The summed E-state index contributed by atoms with van der Waals surface area (Å²) in [4.78, 5) is 12.0. The zero-order chi connectivity index (χ0) is 15.2. The highest BCUT2D eigenvalue weighted by Crippen LogP contribution is 2.24. The number of thioether (sulfide) groups is 1. The molecule has 4 nitrogen and oxygen atoms in total. The average Bonchev–Trinajstić information content (AvgIpc) is 2.32. The fourth-order valence-electron chi connectivity index (χ4n) is 1.78. The van der Waals surface area contributed by atoms with Crippen LogP contribution in [0.15, 0.2) is 18.2 Å². The van der Waals surface area contributed by atoms with E-state index in [9.17, 15) is 4.79 Å². The number of carbonyl (C=O) groups is 1. The molecule has 0 atom stereocenters. The lowest BCUT2D eigenvalue weighted by Gasteiger charge is -2.25. The van der Waals surface area contributed by atoms with Gasteiger partial charge in [-0.15, -0.1) is 0 Å². The van der Waals surface area contributed by atoms with Gasteiger partial charge in [-0.25, -0.2) is 4.79 Å². The van der Waals surface area contributed by atoms with Crippen molar-refractivity contribution in [1.82, 2.24) is 5.32 Å². The molecule has 0 radical (unpaired) electrons. The first kappa shape index (κ1) is 17.1. The first-order valence-electron chi connectivity index (χ1n) is 6.23. The van der Waals surface area contributed by atoms with Crippen LogP contribution < -0.4 is 10.6 Å². The van der Waals surface area contributed by atoms with Gasteiger partial charge in [0.15, 0.2) is 0 Å². The Bertz CT molecular complexity index is 466. The van der Waals surface area contributed by atoms with Gasteiger partial charge in [0.25, 0.3) is 0 Å². The van der Waals surface area contributed by atoms with Crippen LogP contribution in [0, 0.1) is 0 Å². The summed E-state index contributed by atoms with van der Waals surface area (Å²) in [5, 5.41) is 6.14. The number of benzene rings is 1. The lowest BCUT2D eigenvalue weighted by molar-refractivity contribution is 0.133. The monoisotopic (exact) mass is 316 g/mol. The molecule has 112 valence electrons. The molecule has 0 unspecified atom stereocenters. The van der Waals surface area contributed by atoms with Crippen molar-refractivity contribution in [1.29, 1.82) is 0 Å². The maximum Gasteiger partial charge on any atom is 0.319 e. The number of urea groups is 1. The Morgan fingerprint density at radius 1 is 1.45 bits per heavy atom. The van der Waals surface area contributed by atoms with Crippen molar-refractivity contribution in [3.63, 3.8) is 0 Å². The van der Waals surface area contributed by atoms with Crippen LogP contribution in [0.3, 0.4) is 0 Å². The van der Waals surface area contributed by atoms with Gasteiger partial charge in [-0.3, -0.25) is 0 Å². The fourth-order valence-corrected chi connectivity index (χ4v) is 2.46. The predicted molar refractivity (Wildman–Crippen MR) is 86.8 cm³/mol. The number of methoxy groups -OCH3 is 1. The Morgan fingerprint density at radius 3 is 2.75 bits per heavy atom. The number of halogens is 1. The third-order valence-corrected chi connectivity index (χ3v) is 3.50. The smallest absolute Gasteiger partial charge is 0.319 e. The molecule has 1 aromatic rings. The van der Waals surface area contributed by atoms with Crippen molar-refractivity contribution in [2.45, 2.75) is 25.1 Å². The minimum absolute atomic E-state index is 0.296. The lowest BCUT2D eigenvalue weighted by atomic mass is 10.1. The summed E-state index contributed by atoms with van der Waals surface area (Å²) in [6.07, 6.45) is 2.03. The van der Waals surface area contributed by atoms with E-state index < -0.39 is 5.54 Å². The molecule has 1 rings (SSSR count). The van der Waals surface area contributed by atoms with Gasteiger partial charge in [-0.1, -0.05) is 17.7 Å². The lowest BCUT2D eigenvalue weighted by Crippen LogP contribution is -2.48. The number of carbonyl (C=O) groups excluding carboxylic acids is 1. The number of hydrogen-bond donors (Lipinski definition) is 2. The van der Waals surface area contributed by atoms with Gasteiger partial charge < -0.3 is 15.4 Å². The highest BCUT2D eigenvalue weighted by atomic mass is 35.5. The van der Waals surface area contributed by atoms with E-state index in [4.69, 9.17) is 16.3 Å². The second-order valence-corrected chi connectivity index (χ2v) is 6.42. The molecule has 2 amide bonds. The second-order valence-electron chi connectivity index (χ2n) is 5.14. The van der Waals surface area contributed by atoms with Gasteiger partial charge in [0.05, 0.1) is 22.9 Å². The molecule has 0 fully saturated rings. The molecular formula is C14H21ClN2O2S.